The minimum absolute atomic E-state index is 0.0294. The Bertz CT molecular complexity index is 1070. The number of aryl methyl sites for hydroxylation is 1. The van der Waals surface area contributed by atoms with Crippen molar-refractivity contribution >= 4 is 29.7 Å². The Morgan fingerprint density at radius 3 is 2.33 bits per heavy atom. The van der Waals surface area contributed by atoms with Gasteiger partial charge in [0.1, 0.15) is 10.8 Å². The van der Waals surface area contributed by atoms with E-state index >= 15 is 0 Å². The summed E-state index contributed by atoms with van der Waals surface area (Å²) >= 11 is 6.18. The van der Waals surface area contributed by atoms with E-state index in [0.717, 1.165) is 31.0 Å². The van der Waals surface area contributed by atoms with E-state index in [1.165, 1.54) is 6.07 Å². The zero-order valence-corrected chi connectivity index (χ0v) is 17.7. The van der Waals surface area contributed by atoms with Crippen LogP contribution in [0.25, 0.3) is 11.4 Å². The van der Waals surface area contributed by atoms with Crippen molar-refractivity contribution in [2.45, 2.75) is 13.3 Å². The second kappa shape index (κ2) is 8.91. The number of aromatic nitrogens is 4. The first-order valence-corrected chi connectivity index (χ1v) is 9.30. The maximum atomic E-state index is 12.1. The molecule has 0 atom stereocenters. The van der Waals surface area contributed by atoms with E-state index in [1.54, 1.807) is 4.68 Å². The number of anilines is 1. The van der Waals surface area contributed by atoms with Crippen molar-refractivity contribution in [1.82, 2.24) is 19.7 Å². The molecule has 0 aliphatic rings. The Morgan fingerprint density at radius 2 is 1.73 bits per heavy atom. The normalized spacial score (nSPS) is 10.6. The number of carbonyl (C=O) groups excluding carboxylic acids is 2. The van der Waals surface area contributed by atoms with Crippen molar-refractivity contribution in [2.75, 3.05) is 19.1 Å². The minimum Gasteiger partial charge on any atom is -0.452 e. The molecule has 0 spiro atoms. The van der Waals surface area contributed by atoms with E-state index in [1.807, 2.05) is 44.3 Å². The number of imide groups is 1. The third-order valence-electron chi connectivity index (χ3n) is 4.52. The minimum atomic E-state index is -1.00. The summed E-state index contributed by atoms with van der Waals surface area (Å²) < 4.78 is 11.0. The fourth-order valence-electron chi connectivity index (χ4n) is 2.92. The fourth-order valence-corrected chi connectivity index (χ4v) is 3.10. The smallest absolute Gasteiger partial charge is 0.426 e. The molecule has 0 N–H and O–H groups in total. The monoisotopic (exact) mass is 429 g/mol. The summed E-state index contributed by atoms with van der Waals surface area (Å²) in [5, 5.41) is 4.59. The molecule has 2 heterocycles. The molecule has 2 amide bonds. The molecule has 0 aliphatic heterocycles. The summed E-state index contributed by atoms with van der Waals surface area (Å²) in [7, 11) is 4.08. The summed E-state index contributed by atoms with van der Waals surface area (Å²) in [4.78, 5) is 33.1. The number of amides is 2. The Kier molecular flexibility index (Phi) is 6.31. The van der Waals surface area contributed by atoms with Crippen molar-refractivity contribution in [3.63, 3.8) is 0 Å². The summed E-state index contributed by atoms with van der Waals surface area (Å²) in [5.41, 5.74) is 3.91. The molecule has 0 aliphatic carbocycles. The second-order valence-corrected chi connectivity index (χ2v) is 6.74. The van der Waals surface area contributed by atoms with E-state index in [2.05, 4.69) is 24.5 Å². The van der Waals surface area contributed by atoms with Crippen molar-refractivity contribution in [2.24, 2.45) is 7.05 Å². The number of carbonyl (C=O) groups is 2. The molecule has 9 nitrogen and oxygen atoms in total. The number of hydrogen-bond donors (Lipinski definition) is 0. The van der Waals surface area contributed by atoms with Gasteiger partial charge < -0.3 is 9.47 Å². The lowest BCUT2D eigenvalue weighted by Crippen LogP contribution is -2.38. The van der Waals surface area contributed by atoms with Crippen LogP contribution in [0.1, 0.15) is 16.8 Å². The Morgan fingerprint density at radius 1 is 1.10 bits per heavy atom. The van der Waals surface area contributed by atoms with Gasteiger partial charge in [-0.2, -0.15) is 10.1 Å². The lowest BCUT2D eigenvalue weighted by atomic mass is 10.0. The molecule has 2 aromatic heterocycles. The molecule has 0 unspecified atom stereocenters. The van der Waals surface area contributed by atoms with Gasteiger partial charge in [-0.1, -0.05) is 41.9 Å². The molecular formula is C20H20ClN5O4. The largest absolute Gasteiger partial charge is 0.452 e. The van der Waals surface area contributed by atoms with E-state index in [0.29, 0.717) is 22.7 Å². The Labute approximate surface area is 178 Å². The van der Waals surface area contributed by atoms with E-state index in [4.69, 9.17) is 11.6 Å². The number of methoxy groups -OCH3 is 2. The second-order valence-electron chi connectivity index (χ2n) is 6.35. The zero-order chi connectivity index (χ0) is 21.8. The molecule has 0 bridgehead atoms. The van der Waals surface area contributed by atoms with Gasteiger partial charge in [0.15, 0.2) is 0 Å². The number of nitrogens with zero attached hydrogens (tertiary/aromatic N) is 5. The summed E-state index contributed by atoms with van der Waals surface area (Å²) in [6, 6.07) is 11.4. The highest BCUT2D eigenvalue weighted by molar-refractivity contribution is 6.29. The van der Waals surface area contributed by atoms with Crippen LogP contribution in [0, 0.1) is 6.92 Å². The van der Waals surface area contributed by atoms with Crippen LogP contribution in [0.15, 0.2) is 36.4 Å². The van der Waals surface area contributed by atoms with Crippen LogP contribution in [0.3, 0.4) is 0 Å². The van der Waals surface area contributed by atoms with E-state index < -0.39 is 12.2 Å². The first-order valence-electron chi connectivity index (χ1n) is 8.93. The topological polar surface area (TPSA) is 99.4 Å². The number of ether oxygens (including phenoxy) is 2. The summed E-state index contributed by atoms with van der Waals surface area (Å²) in [6.45, 7) is 1.95. The first kappa shape index (κ1) is 21.3. The predicted molar refractivity (Wildman–Crippen MR) is 111 cm³/mol. The molecule has 30 heavy (non-hydrogen) atoms. The standard InChI is InChI=1S/C20H20ClN5O4/c1-12-14(10-13-8-6-5-7-9-13)17(24-25(12)2)15-11-16(21)23-18(22-15)26(19(27)29-3)20(28)30-4/h5-9,11H,10H2,1-4H3. The number of benzene rings is 1. The number of hydrogen-bond acceptors (Lipinski definition) is 7. The van der Waals surface area contributed by atoms with Gasteiger partial charge in [-0.3, -0.25) is 4.68 Å². The molecule has 156 valence electrons. The maximum Gasteiger partial charge on any atom is 0.426 e. The van der Waals surface area contributed by atoms with Crippen LogP contribution >= 0.6 is 11.6 Å². The van der Waals surface area contributed by atoms with Gasteiger partial charge in [0, 0.05) is 30.8 Å². The third-order valence-corrected chi connectivity index (χ3v) is 4.72. The number of halogens is 1. The van der Waals surface area contributed by atoms with Gasteiger partial charge in [-0.25, -0.2) is 14.6 Å². The Balaban J connectivity index is 2.12. The molecule has 3 rings (SSSR count). The van der Waals surface area contributed by atoms with Crippen LogP contribution in [0.5, 0.6) is 0 Å². The van der Waals surface area contributed by atoms with Gasteiger partial charge >= 0.3 is 12.2 Å². The first-order chi connectivity index (χ1) is 14.3. The lowest BCUT2D eigenvalue weighted by Gasteiger charge is -2.16. The highest BCUT2D eigenvalue weighted by atomic mass is 35.5. The van der Waals surface area contributed by atoms with E-state index in [9.17, 15) is 9.59 Å². The van der Waals surface area contributed by atoms with Gasteiger partial charge in [0.2, 0.25) is 5.95 Å². The highest BCUT2D eigenvalue weighted by Gasteiger charge is 2.29. The highest BCUT2D eigenvalue weighted by Crippen LogP contribution is 2.29. The van der Waals surface area contributed by atoms with Crippen LogP contribution < -0.4 is 4.90 Å². The molecule has 1 aromatic carbocycles. The SMILES string of the molecule is COC(=O)N(C(=O)OC)c1nc(Cl)cc(-c2nn(C)c(C)c2Cc2ccccc2)n1. The molecule has 0 saturated heterocycles. The van der Waals surface area contributed by atoms with Crippen molar-refractivity contribution in [3.05, 3.63) is 58.4 Å². The van der Waals surface area contributed by atoms with Crippen molar-refractivity contribution < 1.29 is 19.1 Å². The number of rotatable bonds is 4. The fraction of sp³-hybridized carbons (Fsp3) is 0.250. The quantitative estimate of drug-likeness (QED) is 0.582. The lowest BCUT2D eigenvalue weighted by molar-refractivity contribution is 0.159. The average Bonchev–Trinajstić information content (AvgIpc) is 3.02. The maximum absolute atomic E-state index is 12.1. The molecule has 0 fully saturated rings. The zero-order valence-electron chi connectivity index (χ0n) is 16.9. The van der Waals surface area contributed by atoms with Crippen LogP contribution in [0.2, 0.25) is 5.15 Å². The van der Waals surface area contributed by atoms with Gasteiger partial charge in [-0.05, 0) is 12.5 Å². The molecule has 0 radical (unpaired) electrons. The summed E-state index contributed by atoms with van der Waals surface area (Å²) in [6.07, 6.45) is -1.39. The van der Waals surface area contributed by atoms with Crippen LogP contribution in [-0.4, -0.2) is 46.2 Å². The van der Waals surface area contributed by atoms with Crippen LogP contribution in [0.4, 0.5) is 15.5 Å². The van der Waals surface area contributed by atoms with Gasteiger partial charge in [-0.15, -0.1) is 4.90 Å². The van der Waals surface area contributed by atoms with Crippen molar-refractivity contribution in [3.8, 4) is 11.4 Å². The summed E-state index contributed by atoms with van der Waals surface area (Å²) in [5.74, 6) is -0.273. The van der Waals surface area contributed by atoms with Crippen molar-refractivity contribution in [1.29, 1.82) is 0 Å². The predicted octanol–water partition coefficient (Wildman–Crippen LogP) is 3.77. The molecular weight excluding hydrogens is 410 g/mol. The van der Waals surface area contributed by atoms with E-state index in [-0.39, 0.29) is 11.1 Å². The van der Waals surface area contributed by atoms with Gasteiger partial charge in [0.25, 0.3) is 0 Å². The Hall–Kier alpha value is -3.46. The molecule has 0 saturated carbocycles. The third kappa shape index (κ3) is 4.25. The molecule has 3 aromatic rings. The van der Waals surface area contributed by atoms with Gasteiger partial charge in [0.05, 0.1) is 19.9 Å². The average molecular weight is 430 g/mol. The van der Waals surface area contributed by atoms with Crippen LogP contribution in [-0.2, 0) is 22.9 Å². The molecule has 10 heteroatoms.